The molecule has 4 aliphatic carbocycles. The van der Waals surface area contributed by atoms with Gasteiger partial charge in [0.2, 0.25) is 0 Å². The molecule has 0 amide bonds. The lowest BCUT2D eigenvalue weighted by molar-refractivity contribution is -0.177. The highest BCUT2D eigenvalue weighted by atomic mass is 19.1. The predicted octanol–water partition coefficient (Wildman–Crippen LogP) is 5.74. The number of halogens is 1. The maximum Gasteiger partial charge on any atom is 0.306 e. The van der Waals surface area contributed by atoms with E-state index in [1.807, 2.05) is 0 Å². The van der Waals surface area contributed by atoms with Crippen LogP contribution in [0.4, 0.5) is 4.39 Å². The van der Waals surface area contributed by atoms with Crippen LogP contribution in [0.1, 0.15) is 97.0 Å². The van der Waals surface area contributed by atoms with E-state index in [1.54, 1.807) is 12.1 Å². The molecule has 0 spiro atoms. The van der Waals surface area contributed by atoms with Crippen molar-refractivity contribution in [2.45, 2.75) is 103 Å². The molecule has 2 N–H and O–H groups in total. The molecule has 0 aromatic heterocycles. The quantitative estimate of drug-likeness (QED) is 0.416. The molecule has 230 valence electrons. The van der Waals surface area contributed by atoms with Gasteiger partial charge in [0, 0.05) is 43.9 Å². The van der Waals surface area contributed by atoms with Crippen LogP contribution in [0.25, 0.3) is 0 Å². The van der Waals surface area contributed by atoms with Gasteiger partial charge in [-0.3, -0.25) is 14.4 Å². The number of piperidine rings is 1. The van der Waals surface area contributed by atoms with Gasteiger partial charge in [0.05, 0.1) is 6.10 Å². The van der Waals surface area contributed by atoms with Crippen molar-refractivity contribution < 1.29 is 28.6 Å². The number of carbonyl (C=O) groups is 3. The first-order chi connectivity index (χ1) is 20.0. The zero-order valence-corrected chi connectivity index (χ0v) is 25.5. The fourth-order valence-corrected chi connectivity index (χ4v) is 10.5. The highest BCUT2D eigenvalue weighted by Crippen LogP contribution is 2.67. The third-order valence-electron chi connectivity index (χ3n) is 13.0. The number of benzene rings is 1. The average molecular weight is 582 g/mol. The molecule has 0 radical (unpaired) electrons. The number of ether oxygens (including phenoxy) is 1. The summed E-state index contributed by atoms with van der Waals surface area (Å²) in [7, 11) is 0. The van der Waals surface area contributed by atoms with Crippen LogP contribution < -0.4 is 5.32 Å². The fraction of sp³-hybridized carbons (Fsp3) is 0.743. The van der Waals surface area contributed by atoms with Gasteiger partial charge in [-0.2, -0.15) is 0 Å². The summed E-state index contributed by atoms with van der Waals surface area (Å²) in [5.41, 5.74) is -0.460. The number of aliphatic hydroxyl groups excluding tert-OH is 1. The highest BCUT2D eigenvalue weighted by Gasteiger charge is 2.66. The molecule has 1 aliphatic heterocycles. The van der Waals surface area contributed by atoms with Gasteiger partial charge in [-0.1, -0.05) is 32.9 Å². The maximum absolute atomic E-state index is 14.1. The van der Waals surface area contributed by atoms with Crippen LogP contribution >= 0.6 is 0 Å². The summed E-state index contributed by atoms with van der Waals surface area (Å²) >= 11 is 0. The van der Waals surface area contributed by atoms with E-state index in [-0.39, 0.29) is 59.1 Å². The Bertz CT molecular complexity index is 1210. The zero-order chi connectivity index (χ0) is 29.9. The second kappa shape index (κ2) is 11.1. The summed E-state index contributed by atoms with van der Waals surface area (Å²) < 4.78 is 19.8. The number of carbonyl (C=O) groups excluding carboxylic acids is 3. The molecule has 0 bridgehead atoms. The van der Waals surface area contributed by atoms with Crippen molar-refractivity contribution >= 4 is 17.5 Å². The van der Waals surface area contributed by atoms with Crippen LogP contribution in [0.5, 0.6) is 0 Å². The normalized spacial score (nSPS) is 40.0. The minimum absolute atomic E-state index is 0.0582. The molecule has 1 aromatic carbocycles. The molecule has 9 atom stereocenters. The fourth-order valence-electron chi connectivity index (χ4n) is 10.5. The Balaban J connectivity index is 1.14. The van der Waals surface area contributed by atoms with Crippen molar-refractivity contribution in [3.8, 4) is 0 Å². The number of esters is 1. The monoisotopic (exact) mass is 581 g/mol. The molecule has 4 saturated carbocycles. The van der Waals surface area contributed by atoms with E-state index in [2.05, 4.69) is 26.1 Å². The average Bonchev–Trinajstić information content (AvgIpc) is 3.32. The van der Waals surface area contributed by atoms with Gasteiger partial charge < -0.3 is 15.2 Å². The van der Waals surface area contributed by atoms with Crippen molar-refractivity contribution in [2.75, 3.05) is 13.1 Å². The smallest absolute Gasteiger partial charge is 0.306 e. The van der Waals surface area contributed by atoms with Gasteiger partial charge in [0.1, 0.15) is 23.0 Å². The molecule has 1 aromatic rings. The van der Waals surface area contributed by atoms with Crippen LogP contribution in [0.2, 0.25) is 0 Å². The lowest BCUT2D eigenvalue weighted by Gasteiger charge is -2.61. The van der Waals surface area contributed by atoms with Crippen LogP contribution in [0, 0.1) is 52.2 Å². The number of Topliss-reactive ketones (excluding diaryl/α,β-unsaturated/α-hetero) is 2. The van der Waals surface area contributed by atoms with Crippen LogP contribution in [-0.4, -0.2) is 41.8 Å². The van der Waals surface area contributed by atoms with Crippen molar-refractivity contribution in [3.63, 3.8) is 0 Å². The zero-order valence-electron chi connectivity index (χ0n) is 25.5. The first-order valence-corrected chi connectivity index (χ1v) is 16.4. The molecular weight excluding hydrogens is 533 g/mol. The molecule has 1 saturated heterocycles. The topological polar surface area (TPSA) is 92.7 Å². The Morgan fingerprint density at radius 1 is 1.07 bits per heavy atom. The van der Waals surface area contributed by atoms with Gasteiger partial charge in [-0.25, -0.2) is 4.39 Å². The number of ketones is 2. The SMILES string of the molecule is C[C@H](CCC(=O)OC1(c2ccc(F)cc2)CCNCC1)[C@H]1CC[C@H]2[C@@H]3C(O)C[C@@H]4CC(=O)CC[C@]4(C)[C@H]3CC(=O)[C@]12C. The van der Waals surface area contributed by atoms with Crippen LogP contribution in [0.3, 0.4) is 0 Å². The van der Waals surface area contributed by atoms with Gasteiger partial charge >= 0.3 is 5.97 Å². The number of fused-ring (bicyclic) bond motifs is 5. The Morgan fingerprint density at radius 3 is 2.50 bits per heavy atom. The number of hydrogen-bond donors (Lipinski definition) is 2. The lowest BCUT2D eigenvalue weighted by Crippen LogP contribution is -2.61. The van der Waals surface area contributed by atoms with E-state index in [0.29, 0.717) is 56.5 Å². The molecule has 5 fully saturated rings. The van der Waals surface area contributed by atoms with Gasteiger partial charge in [-0.05, 0) is 104 Å². The predicted molar refractivity (Wildman–Crippen MR) is 157 cm³/mol. The molecule has 42 heavy (non-hydrogen) atoms. The second-order valence-corrected chi connectivity index (χ2v) is 14.9. The first kappa shape index (κ1) is 29.9. The third-order valence-corrected chi connectivity index (χ3v) is 13.0. The Labute approximate surface area is 249 Å². The highest BCUT2D eigenvalue weighted by molar-refractivity contribution is 5.87. The van der Waals surface area contributed by atoms with Crippen molar-refractivity contribution in [2.24, 2.45) is 46.3 Å². The number of rotatable bonds is 6. The van der Waals surface area contributed by atoms with Crippen molar-refractivity contribution in [1.29, 1.82) is 0 Å². The van der Waals surface area contributed by atoms with Crippen molar-refractivity contribution in [1.82, 2.24) is 5.32 Å². The number of aliphatic hydroxyl groups is 1. The summed E-state index contributed by atoms with van der Waals surface area (Å²) in [6, 6.07) is 6.31. The summed E-state index contributed by atoms with van der Waals surface area (Å²) in [5.74, 6) is 0.959. The molecule has 1 unspecified atom stereocenters. The summed E-state index contributed by atoms with van der Waals surface area (Å²) in [5, 5.41) is 14.8. The minimum Gasteiger partial charge on any atom is -0.454 e. The number of nitrogens with one attached hydrogen (secondary N) is 1. The third kappa shape index (κ3) is 4.87. The first-order valence-electron chi connectivity index (χ1n) is 16.4. The molecule has 7 heteroatoms. The number of hydrogen-bond acceptors (Lipinski definition) is 6. The van der Waals surface area contributed by atoms with E-state index >= 15 is 0 Å². The molecule has 6 rings (SSSR count). The Morgan fingerprint density at radius 2 is 1.79 bits per heavy atom. The molecule has 5 aliphatic rings. The van der Waals surface area contributed by atoms with Crippen LogP contribution in [0.15, 0.2) is 24.3 Å². The molecule has 1 heterocycles. The lowest BCUT2D eigenvalue weighted by atomic mass is 9.43. The second-order valence-electron chi connectivity index (χ2n) is 14.9. The largest absolute Gasteiger partial charge is 0.454 e. The summed E-state index contributed by atoms with van der Waals surface area (Å²) in [6.45, 7) is 8.06. The summed E-state index contributed by atoms with van der Waals surface area (Å²) in [6.07, 6.45) is 6.76. The van der Waals surface area contributed by atoms with Crippen molar-refractivity contribution in [3.05, 3.63) is 35.6 Å². The van der Waals surface area contributed by atoms with E-state index in [0.717, 1.165) is 37.9 Å². The van der Waals surface area contributed by atoms with Gasteiger partial charge in [-0.15, -0.1) is 0 Å². The van der Waals surface area contributed by atoms with Gasteiger partial charge in [0.25, 0.3) is 0 Å². The standard InChI is InChI=1S/C35H48FNO5/c1-21(4-11-31(41)42-35(14-16-37-17-15-35)22-5-7-24(36)8-6-22)26-9-10-27-32-28(20-30(40)34(26,27)3)33(2)13-12-25(38)18-23(33)19-29(32)39/h5-8,21,23,26-29,32,37,39H,4,9-20H2,1-3H3/t21-,23+,26-,27+,28+,29?,32+,33+,34-/m1/s1. The summed E-state index contributed by atoms with van der Waals surface area (Å²) in [4.78, 5) is 39.7. The van der Waals surface area contributed by atoms with E-state index < -0.39 is 17.1 Å². The van der Waals surface area contributed by atoms with E-state index in [4.69, 9.17) is 4.74 Å². The Kier molecular flexibility index (Phi) is 7.91. The van der Waals surface area contributed by atoms with E-state index in [9.17, 15) is 23.9 Å². The Hall–Kier alpha value is -2.12. The van der Waals surface area contributed by atoms with Gasteiger partial charge in [0.15, 0.2) is 0 Å². The van der Waals surface area contributed by atoms with Crippen LogP contribution in [-0.2, 0) is 24.7 Å². The van der Waals surface area contributed by atoms with E-state index in [1.165, 1.54) is 12.1 Å². The molecular formula is C35H48FNO5. The molecule has 6 nitrogen and oxygen atoms in total. The minimum atomic E-state index is -0.743. The maximum atomic E-state index is 14.1.